The van der Waals surface area contributed by atoms with Gasteiger partial charge in [0.05, 0.1) is 0 Å². The van der Waals surface area contributed by atoms with E-state index in [4.69, 9.17) is 0 Å². The van der Waals surface area contributed by atoms with Gasteiger partial charge in [-0.1, -0.05) is 11.6 Å². The van der Waals surface area contributed by atoms with Crippen LogP contribution in [0.5, 0.6) is 0 Å². The summed E-state index contributed by atoms with van der Waals surface area (Å²) >= 11 is 0. The number of aromatic nitrogens is 1. The highest BCUT2D eigenvalue weighted by Crippen LogP contribution is 2.03. The summed E-state index contributed by atoms with van der Waals surface area (Å²) < 4.78 is 2.11. The number of rotatable bonds is 3. The molecular weight excluding hydrogens is 160 g/mol. The fraction of sp³-hybridized carbons (Fsp3) is 0.455. The Morgan fingerprint density at radius 3 is 2.31 bits per heavy atom. The van der Waals surface area contributed by atoms with E-state index in [1.54, 1.807) is 0 Å². The van der Waals surface area contributed by atoms with Gasteiger partial charge < -0.3 is 5.43 Å². The lowest BCUT2D eigenvalue weighted by molar-refractivity contribution is 0.828. The molecule has 0 saturated heterocycles. The molecule has 0 aliphatic carbocycles. The SMILES string of the molecule is CC(C)=CCNn1c(C)ccc1C. The molecule has 0 atom stereocenters. The lowest BCUT2D eigenvalue weighted by atomic mass is 10.3. The minimum Gasteiger partial charge on any atom is -0.322 e. The topological polar surface area (TPSA) is 17.0 Å². The molecule has 0 spiro atoms. The van der Waals surface area contributed by atoms with E-state index in [9.17, 15) is 0 Å². The second-order valence-corrected chi connectivity index (χ2v) is 3.60. The smallest absolute Gasteiger partial charge is 0.0497 e. The average Bonchev–Trinajstić information content (AvgIpc) is 2.34. The summed E-state index contributed by atoms with van der Waals surface area (Å²) in [7, 11) is 0. The van der Waals surface area contributed by atoms with Crippen molar-refractivity contribution in [3.63, 3.8) is 0 Å². The van der Waals surface area contributed by atoms with Crippen LogP contribution in [0.2, 0.25) is 0 Å². The number of hydrogen-bond acceptors (Lipinski definition) is 1. The molecule has 1 heterocycles. The summed E-state index contributed by atoms with van der Waals surface area (Å²) in [6.45, 7) is 9.30. The highest BCUT2D eigenvalue weighted by Gasteiger charge is 1.97. The van der Waals surface area contributed by atoms with Crippen LogP contribution in [-0.4, -0.2) is 11.2 Å². The van der Waals surface area contributed by atoms with E-state index in [0.29, 0.717) is 0 Å². The summed E-state index contributed by atoms with van der Waals surface area (Å²) in [4.78, 5) is 0. The van der Waals surface area contributed by atoms with E-state index in [1.165, 1.54) is 17.0 Å². The molecule has 0 bridgehead atoms. The largest absolute Gasteiger partial charge is 0.322 e. The molecule has 0 saturated carbocycles. The van der Waals surface area contributed by atoms with Crippen LogP contribution < -0.4 is 5.43 Å². The van der Waals surface area contributed by atoms with Gasteiger partial charge in [0.25, 0.3) is 0 Å². The Kier molecular flexibility index (Phi) is 3.18. The van der Waals surface area contributed by atoms with Gasteiger partial charge in [0.1, 0.15) is 0 Å². The van der Waals surface area contributed by atoms with Crippen molar-refractivity contribution in [3.8, 4) is 0 Å². The fourth-order valence-corrected chi connectivity index (χ4v) is 1.26. The molecule has 1 N–H and O–H groups in total. The Morgan fingerprint density at radius 2 is 1.85 bits per heavy atom. The van der Waals surface area contributed by atoms with Crippen molar-refractivity contribution < 1.29 is 0 Å². The first-order chi connectivity index (χ1) is 6.11. The van der Waals surface area contributed by atoms with Crippen molar-refractivity contribution in [1.82, 2.24) is 4.68 Å². The van der Waals surface area contributed by atoms with Crippen LogP contribution in [0.15, 0.2) is 23.8 Å². The Hall–Kier alpha value is -1.18. The van der Waals surface area contributed by atoms with E-state index in [0.717, 1.165) is 6.54 Å². The van der Waals surface area contributed by atoms with Gasteiger partial charge in [-0.05, 0) is 39.8 Å². The third kappa shape index (κ3) is 2.65. The third-order valence-electron chi connectivity index (χ3n) is 2.03. The van der Waals surface area contributed by atoms with Gasteiger partial charge in [0.15, 0.2) is 0 Å². The zero-order valence-corrected chi connectivity index (χ0v) is 8.89. The van der Waals surface area contributed by atoms with Crippen molar-refractivity contribution in [2.45, 2.75) is 27.7 Å². The predicted molar refractivity (Wildman–Crippen MR) is 57.6 cm³/mol. The van der Waals surface area contributed by atoms with Crippen molar-refractivity contribution in [1.29, 1.82) is 0 Å². The second-order valence-electron chi connectivity index (χ2n) is 3.60. The molecule has 72 valence electrons. The molecule has 0 radical (unpaired) electrons. The maximum absolute atomic E-state index is 3.33. The van der Waals surface area contributed by atoms with Crippen LogP contribution >= 0.6 is 0 Å². The van der Waals surface area contributed by atoms with E-state index < -0.39 is 0 Å². The third-order valence-corrected chi connectivity index (χ3v) is 2.03. The van der Waals surface area contributed by atoms with Crippen molar-refractivity contribution >= 4 is 0 Å². The fourth-order valence-electron chi connectivity index (χ4n) is 1.26. The monoisotopic (exact) mass is 178 g/mol. The minimum absolute atomic E-state index is 0.888. The summed E-state index contributed by atoms with van der Waals surface area (Å²) in [6, 6.07) is 4.23. The minimum atomic E-state index is 0.888. The molecule has 1 rings (SSSR count). The van der Waals surface area contributed by atoms with Crippen molar-refractivity contribution in [2.24, 2.45) is 0 Å². The summed E-state index contributed by atoms with van der Waals surface area (Å²) in [5.74, 6) is 0. The van der Waals surface area contributed by atoms with E-state index >= 15 is 0 Å². The lowest BCUT2D eigenvalue weighted by Crippen LogP contribution is -2.17. The zero-order valence-electron chi connectivity index (χ0n) is 8.89. The van der Waals surface area contributed by atoms with Crippen LogP contribution in [-0.2, 0) is 0 Å². The highest BCUT2D eigenvalue weighted by molar-refractivity contribution is 5.16. The van der Waals surface area contributed by atoms with Crippen molar-refractivity contribution in [2.75, 3.05) is 12.0 Å². The van der Waals surface area contributed by atoms with Gasteiger partial charge in [0.2, 0.25) is 0 Å². The van der Waals surface area contributed by atoms with Gasteiger partial charge in [-0.3, -0.25) is 4.68 Å². The first-order valence-electron chi connectivity index (χ1n) is 4.63. The molecule has 0 aromatic carbocycles. The Bertz CT molecular complexity index is 284. The molecule has 0 aliphatic heterocycles. The molecule has 0 aliphatic rings. The van der Waals surface area contributed by atoms with Crippen LogP contribution in [0.3, 0.4) is 0 Å². The van der Waals surface area contributed by atoms with Gasteiger partial charge >= 0.3 is 0 Å². The van der Waals surface area contributed by atoms with Crippen LogP contribution in [0.1, 0.15) is 25.2 Å². The molecule has 1 aromatic rings. The number of aryl methyl sites for hydroxylation is 2. The summed E-state index contributed by atoms with van der Waals surface area (Å²) in [5, 5.41) is 0. The molecule has 0 unspecified atom stereocenters. The summed E-state index contributed by atoms with van der Waals surface area (Å²) in [6.07, 6.45) is 2.18. The predicted octanol–water partition coefficient (Wildman–Crippen LogP) is 2.61. The maximum atomic E-state index is 3.33. The van der Waals surface area contributed by atoms with Gasteiger partial charge in [0, 0.05) is 17.9 Å². The molecule has 0 fully saturated rings. The summed E-state index contributed by atoms with van der Waals surface area (Å²) in [5.41, 5.74) is 7.17. The Balaban J connectivity index is 2.59. The number of allylic oxidation sites excluding steroid dienone is 1. The van der Waals surface area contributed by atoms with Gasteiger partial charge in [-0.25, -0.2) is 0 Å². The number of hydrogen-bond donors (Lipinski definition) is 1. The first-order valence-corrected chi connectivity index (χ1v) is 4.63. The molecule has 2 heteroatoms. The Morgan fingerprint density at radius 1 is 1.31 bits per heavy atom. The average molecular weight is 178 g/mol. The van der Waals surface area contributed by atoms with E-state index in [1.807, 2.05) is 0 Å². The van der Waals surface area contributed by atoms with E-state index in [2.05, 4.69) is 56.0 Å². The number of nitrogens with zero attached hydrogens (tertiary/aromatic N) is 1. The molecule has 13 heavy (non-hydrogen) atoms. The second kappa shape index (κ2) is 4.17. The Labute approximate surface area is 80.2 Å². The molecule has 1 aromatic heterocycles. The zero-order chi connectivity index (χ0) is 9.84. The lowest BCUT2D eigenvalue weighted by Gasteiger charge is -2.10. The quantitative estimate of drug-likeness (QED) is 0.704. The van der Waals surface area contributed by atoms with E-state index in [-0.39, 0.29) is 0 Å². The normalized spacial score (nSPS) is 9.85. The molecule has 0 amide bonds. The van der Waals surface area contributed by atoms with Crippen LogP contribution in [0, 0.1) is 13.8 Å². The van der Waals surface area contributed by atoms with Gasteiger partial charge in [-0.15, -0.1) is 0 Å². The number of nitrogens with one attached hydrogen (secondary N) is 1. The van der Waals surface area contributed by atoms with Gasteiger partial charge in [-0.2, -0.15) is 0 Å². The maximum Gasteiger partial charge on any atom is 0.0497 e. The first kappa shape index (κ1) is 9.90. The molecule has 2 nitrogen and oxygen atoms in total. The highest BCUT2D eigenvalue weighted by atomic mass is 15.4. The van der Waals surface area contributed by atoms with Crippen LogP contribution in [0.4, 0.5) is 0 Å². The molecular formula is C11H18N2. The standard InChI is InChI=1S/C11H18N2/c1-9(2)7-8-12-13-10(3)5-6-11(13)4/h5-7,12H,8H2,1-4H3. The van der Waals surface area contributed by atoms with Crippen LogP contribution in [0.25, 0.3) is 0 Å². The van der Waals surface area contributed by atoms with Crippen molar-refractivity contribution in [3.05, 3.63) is 35.2 Å².